The molecule has 11 heteroatoms. The Morgan fingerprint density at radius 1 is 1.20 bits per heavy atom. The van der Waals surface area contributed by atoms with Crippen LogP contribution >= 0.6 is 15.9 Å². The quantitative estimate of drug-likeness (QED) is 0.125. The van der Waals surface area contributed by atoms with Crippen LogP contribution in [0.4, 0.5) is 5.69 Å². The lowest BCUT2D eigenvalue weighted by molar-refractivity contribution is -0.159. The molecular weight excluding hydrogens is 654 g/mol. The van der Waals surface area contributed by atoms with Crippen LogP contribution in [0.2, 0.25) is 0 Å². The molecule has 246 valence electrons. The van der Waals surface area contributed by atoms with E-state index in [2.05, 4.69) is 34.4 Å². The molecule has 0 saturated carbocycles. The van der Waals surface area contributed by atoms with Gasteiger partial charge in [-0.1, -0.05) is 58.4 Å². The summed E-state index contributed by atoms with van der Waals surface area (Å²) in [6.45, 7) is 9.69. The number of aliphatic hydroxyl groups is 1. The number of esters is 1. The molecule has 0 aromatic heterocycles. The van der Waals surface area contributed by atoms with Crippen LogP contribution in [0, 0.1) is 11.8 Å². The molecule has 7 atom stereocenters. The minimum atomic E-state index is -1.26. The van der Waals surface area contributed by atoms with E-state index < -0.39 is 41.7 Å². The van der Waals surface area contributed by atoms with E-state index in [1.165, 1.54) is 0 Å². The number of alkyl halides is 1. The number of unbranched alkanes of at least 4 members (excludes halogenated alkanes) is 1. The van der Waals surface area contributed by atoms with Crippen molar-refractivity contribution in [3.63, 3.8) is 0 Å². The number of rotatable bonds is 15. The van der Waals surface area contributed by atoms with Gasteiger partial charge in [0.15, 0.2) is 0 Å². The molecule has 46 heavy (non-hydrogen) atoms. The summed E-state index contributed by atoms with van der Waals surface area (Å²) in [5.41, 5.74) is -0.594. The molecule has 2 N–H and O–H groups in total. The van der Waals surface area contributed by atoms with Crippen molar-refractivity contribution >= 4 is 56.1 Å². The minimum absolute atomic E-state index is 0.0477. The van der Waals surface area contributed by atoms with Gasteiger partial charge in [-0.15, -0.1) is 13.2 Å². The lowest BCUT2D eigenvalue weighted by Crippen LogP contribution is -2.57. The molecule has 3 aliphatic rings. The Morgan fingerprint density at radius 2 is 1.96 bits per heavy atom. The second kappa shape index (κ2) is 14.5. The molecule has 3 saturated heterocycles. The molecule has 2 aromatic rings. The first-order chi connectivity index (χ1) is 22.2. The van der Waals surface area contributed by atoms with E-state index >= 15 is 0 Å². The third kappa shape index (κ3) is 6.37. The number of anilines is 1. The fraction of sp³-hybridized carbons (Fsp3) is 0.486. The van der Waals surface area contributed by atoms with Crippen molar-refractivity contribution in [1.29, 1.82) is 0 Å². The Hall–Kier alpha value is -3.54. The number of halogens is 1. The number of nitrogens with zero attached hydrogens (tertiary/aromatic N) is 2. The number of aliphatic hydroxyl groups excluding tert-OH is 1. The fourth-order valence-electron chi connectivity index (χ4n) is 7.15. The number of fused-ring (bicyclic) bond motifs is 2. The van der Waals surface area contributed by atoms with Crippen molar-refractivity contribution in [3.8, 4) is 0 Å². The highest BCUT2D eigenvalue weighted by molar-refractivity contribution is 9.09. The predicted molar refractivity (Wildman–Crippen MR) is 178 cm³/mol. The topological polar surface area (TPSA) is 125 Å². The first-order valence-corrected chi connectivity index (χ1v) is 16.8. The van der Waals surface area contributed by atoms with Crippen LogP contribution in [0.1, 0.15) is 39.0 Å². The Kier molecular flexibility index (Phi) is 10.6. The number of carbonyl (C=O) groups is 4. The van der Waals surface area contributed by atoms with Gasteiger partial charge in [0.05, 0.1) is 24.5 Å². The van der Waals surface area contributed by atoms with Gasteiger partial charge >= 0.3 is 5.97 Å². The van der Waals surface area contributed by atoms with Gasteiger partial charge < -0.3 is 29.7 Å². The third-order valence-electron chi connectivity index (χ3n) is 9.20. The minimum Gasteiger partial charge on any atom is -0.460 e. The summed E-state index contributed by atoms with van der Waals surface area (Å²) >= 11 is 3.69. The predicted octanol–water partition coefficient (Wildman–Crippen LogP) is 3.89. The summed E-state index contributed by atoms with van der Waals surface area (Å²) in [5, 5.41) is 14.2. The molecule has 5 rings (SSSR count). The van der Waals surface area contributed by atoms with Crippen molar-refractivity contribution in [2.45, 2.75) is 67.7 Å². The molecule has 3 heterocycles. The van der Waals surface area contributed by atoms with E-state index in [1.807, 2.05) is 42.5 Å². The molecule has 0 radical (unpaired) electrons. The molecular formula is C35H42BrN3O7. The van der Waals surface area contributed by atoms with E-state index in [-0.39, 0.29) is 55.2 Å². The van der Waals surface area contributed by atoms with Gasteiger partial charge in [-0.05, 0) is 55.5 Å². The standard InChI is InChI=1S/C35H42BrN3O7/c1-4-6-13-27(41)37-21-22(3)45-34(44)28-29-32(42)39(17-9-10-18-40)31(35(29)20-26(36)30(28)46-35)33(43)38(16-5-2)25-15-14-23-11-7-8-12-24(23)19-25/h4-5,7-8,11-12,14-15,19,22,26,28-31,40H,1-2,6,9-10,13,16-18,20-21H2,3H3,(H,37,41)/t22-,26?,28-,29+,30-,31-,35+/m1/s1. The number of carbonyl (C=O) groups excluding carboxylic acids is 4. The van der Waals surface area contributed by atoms with E-state index in [0.717, 1.165) is 10.8 Å². The van der Waals surface area contributed by atoms with Crippen LogP contribution in [0.25, 0.3) is 10.8 Å². The molecule has 3 aliphatic heterocycles. The Bertz CT molecular complexity index is 1500. The van der Waals surface area contributed by atoms with Crippen LogP contribution in [0.5, 0.6) is 0 Å². The summed E-state index contributed by atoms with van der Waals surface area (Å²) in [6.07, 6.45) is 4.12. The molecule has 1 spiro atoms. The van der Waals surface area contributed by atoms with Crippen molar-refractivity contribution in [2.75, 3.05) is 31.1 Å². The van der Waals surface area contributed by atoms with Crippen LogP contribution < -0.4 is 10.2 Å². The van der Waals surface area contributed by atoms with Crippen molar-refractivity contribution in [2.24, 2.45) is 11.8 Å². The summed E-state index contributed by atoms with van der Waals surface area (Å²) in [7, 11) is 0. The van der Waals surface area contributed by atoms with Gasteiger partial charge in [0, 0.05) is 36.6 Å². The van der Waals surface area contributed by atoms with Crippen LogP contribution in [0.15, 0.2) is 67.8 Å². The number of likely N-dealkylation sites (tertiary alicyclic amines) is 1. The second-order valence-corrected chi connectivity index (χ2v) is 13.4. The average Bonchev–Trinajstić information content (AvgIpc) is 3.64. The highest BCUT2D eigenvalue weighted by Gasteiger charge is 2.77. The van der Waals surface area contributed by atoms with E-state index in [0.29, 0.717) is 31.4 Å². The zero-order valence-corrected chi connectivity index (χ0v) is 27.7. The van der Waals surface area contributed by atoms with E-state index in [9.17, 15) is 24.3 Å². The summed E-state index contributed by atoms with van der Waals surface area (Å²) in [4.78, 5) is 57.8. The van der Waals surface area contributed by atoms with E-state index in [4.69, 9.17) is 9.47 Å². The molecule has 2 bridgehead atoms. The number of hydrogen-bond donors (Lipinski definition) is 2. The number of hydrogen-bond acceptors (Lipinski definition) is 7. The van der Waals surface area contributed by atoms with Crippen molar-refractivity contribution in [1.82, 2.24) is 10.2 Å². The summed E-state index contributed by atoms with van der Waals surface area (Å²) in [6, 6.07) is 12.6. The Balaban J connectivity index is 1.45. The smallest absolute Gasteiger partial charge is 0.312 e. The fourth-order valence-corrected chi connectivity index (χ4v) is 8.10. The zero-order valence-electron chi connectivity index (χ0n) is 26.1. The van der Waals surface area contributed by atoms with Crippen LogP contribution in [-0.4, -0.2) is 88.6 Å². The number of nitrogens with one attached hydrogen (secondary N) is 1. The molecule has 3 amide bonds. The maximum Gasteiger partial charge on any atom is 0.312 e. The monoisotopic (exact) mass is 695 g/mol. The second-order valence-electron chi connectivity index (χ2n) is 12.3. The van der Waals surface area contributed by atoms with Crippen molar-refractivity contribution < 1.29 is 33.8 Å². The number of allylic oxidation sites excluding steroid dienone is 1. The molecule has 10 nitrogen and oxygen atoms in total. The maximum absolute atomic E-state index is 14.7. The molecule has 3 fully saturated rings. The number of benzene rings is 2. The van der Waals surface area contributed by atoms with Crippen LogP contribution in [-0.2, 0) is 28.7 Å². The third-order valence-corrected chi connectivity index (χ3v) is 10.0. The first kappa shape index (κ1) is 33.8. The van der Waals surface area contributed by atoms with Crippen LogP contribution in [0.3, 0.4) is 0 Å². The molecule has 0 aliphatic carbocycles. The van der Waals surface area contributed by atoms with Gasteiger partial charge in [-0.25, -0.2) is 0 Å². The number of ether oxygens (including phenoxy) is 2. The highest BCUT2D eigenvalue weighted by Crippen LogP contribution is 2.60. The first-order valence-electron chi connectivity index (χ1n) is 15.9. The highest BCUT2D eigenvalue weighted by atomic mass is 79.9. The average molecular weight is 697 g/mol. The number of amides is 3. The SMILES string of the molecule is C=CCCC(=O)NC[C@@H](C)OC(=O)[C@H]1[C@@H]2O[C@@]3(CC2Br)[C@@H]1C(=O)N(CCCCO)[C@@H]3C(=O)N(CC=C)c1ccc2ccccc2c1. The summed E-state index contributed by atoms with van der Waals surface area (Å²) in [5.74, 6) is -3.27. The lowest BCUT2D eigenvalue weighted by atomic mass is 9.70. The summed E-state index contributed by atoms with van der Waals surface area (Å²) < 4.78 is 12.4. The largest absolute Gasteiger partial charge is 0.460 e. The Morgan fingerprint density at radius 3 is 2.67 bits per heavy atom. The van der Waals surface area contributed by atoms with Gasteiger partial charge in [-0.2, -0.15) is 0 Å². The van der Waals surface area contributed by atoms with Gasteiger partial charge in [-0.3, -0.25) is 19.2 Å². The zero-order chi connectivity index (χ0) is 33.0. The van der Waals surface area contributed by atoms with Gasteiger partial charge in [0.2, 0.25) is 11.8 Å². The molecule has 1 unspecified atom stereocenters. The lowest BCUT2D eigenvalue weighted by Gasteiger charge is -2.37. The van der Waals surface area contributed by atoms with Gasteiger partial charge in [0.25, 0.3) is 5.91 Å². The maximum atomic E-state index is 14.7. The van der Waals surface area contributed by atoms with E-state index in [1.54, 1.807) is 28.9 Å². The normalized spacial score (nSPS) is 26.9. The molecule has 2 aromatic carbocycles. The van der Waals surface area contributed by atoms with Gasteiger partial charge in [0.1, 0.15) is 17.7 Å². The van der Waals surface area contributed by atoms with Crippen molar-refractivity contribution in [3.05, 3.63) is 67.8 Å². The Labute approximate surface area is 277 Å².